The fourth-order valence-corrected chi connectivity index (χ4v) is 1.07. The van der Waals surface area contributed by atoms with E-state index in [4.69, 9.17) is 10.3 Å². The maximum absolute atomic E-state index is 5.41. The first kappa shape index (κ1) is 6.97. The van der Waals surface area contributed by atoms with Crippen LogP contribution in [0.4, 0.5) is 5.82 Å². The van der Waals surface area contributed by atoms with E-state index in [2.05, 4.69) is 5.16 Å². The van der Waals surface area contributed by atoms with Crippen LogP contribution in [0.25, 0.3) is 11.3 Å². The molecule has 0 amide bonds. The first-order valence-electron chi connectivity index (χ1n) is 3.60. The van der Waals surface area contributed by atoms with Crippen LogP contribution in [-0.4, -0.2) is 9.72 Å². The van der Waals surface area contributed by atoms with Crippen molar-refractivity contribution in [1.82, 2.24) is 9.72 Å². The average Bonchev–Trinajstić information content (AvgIpc) is 2.58. The zero-order chi connectivity index (χ0) is 8.55. The van der Waals surface area contributed by atoms with Gasteiger partial charge in [-0.15, -0.1) is 0 Å². The third kappa shape index (κ3) is 1.07. The van der Waals surface area contributed by atoms with Gasteiger partial charge in [-0.25, -0.2) is 0 Å². The lowest BCUT2D eigenvalue weighted by Crippen LogP contribution is -1.80. The van der Waals surface area contributed by atoms with Gasteiger partial charge in [-0.3, -0.25) is 0 Å². The Balaban J connectivity index is 2.43. The molecule has 0 aliphatic heterocycles. The number of anilines is 1. The Bertz CT molecular complexity index is 350. The molecule has 0 saturated carbocycles. The monoisotopic (exact) mass is 163 g/mol. The third-order valence-corrected chi connectivity index (χ3v) is 1.64. The van der Waals surface area contributed by atoms with E-state index in [1.165, 1.54) is 0 Å². The van der Waals surface area contributed by atoms with Crippen LogP contribution in [-0.2, 0) is 7.05 Å². The van der Waals surface area contributed by atoms with E-state index in [0.717, 1.165) is 5.56 Å². The first-order chi connectivity index (χ1) is 5.75. The van der Waals surface area contributed by atoms with Crippen molar-refractivity contribution in [3.05, 3.63) is 24.5 Å². The van der Waals surface area contributed by atoms with Crippen LogP contribution < -0.4 is 5.73 Å². The minimum Gasteiger partial charge on any atom is -0.381 e. The summed E-state index contributed by atoms with van der Waals surface area (Å²) < 4.78 is 6.91. The molecule has 0 saturated heterocycles. The third-order valence-electron chi connectivity index (χ3n) is 1.64. The molecule has 4 nitrogen and oxygen atoms in total. The van der Waals surface area contributed by atoms with Crippen LogP contribution in [0.15, 0.2) is 29.0 Å². The van der Waals surface area contributed by atoms with Gasteiger partial charge >= 0.3 is 0 Å². The highest BCUT2D eigenvalue weighted by Crippen LogP contribution is 2.20. The molecule has 2 heterocycles. The van der Waals surface area contributed by atoms with Crippen LogP contribution in [0, 0.1) is 0 Å². The van der Waals surface area contributed by atoms with Gasteiger partial charge in [0.05, 0.1) is 0 Å². The Morgan fingerprint density at radius 1 is 1.58 bits per heavy atom. The van der Waals surface area contributed by atoms with Crippen molar-refractivity contribution >= 4 is 5.82 Å². The van der Waals surface area contributed by atoms with Gasteiger partial charge in [-0.2, -0.15) is 0 Å². The van der Waals surface area contributed by atoms with Crippen LogP contribution in [0.2, 0.25) is 0 Å². The number of nitrogens with two attached hydrogens (primary N) is 1. The lowest BCUT2D eigenvalue weighted by Gasteiger charge is -1.86. The number of aryl methyl sites for hydroxylation is 1. The summed E-state index contributed by atoms with van der Waals surface area (Å²) in [6.07, 6.45) is 3.88. The normalized spacial score (nSPS) is 10.4. The van der Waals surface area contributed by atoms with E-state index < -0.39 is 0 Å². The second-order valence-corrected chi connectivity index (χ2v) is 2.68. The van der Waals surface area contributed by atoms with E-state index in [1.807, 2.05) is 30.1 Å². The Kier molecular flexibility index (Phi) is 1.40. The maximum Gasteiger partial charge on any atom is 0.170 e. The second kappa shape index (κ2) is 2.41. The van der Waals surface area contributed by atoms with Gasteiger partial charge < -0.3 is 14.8 Å². The van der Waals surface area contributed by atoms with E-state index >= 15 is 0 Å². The molecule has 0 bridgehead atoms. The predicted octanol–water partition coefficient (Wildman–Crippen LogP) is 1.26. The van der Waals surface area contributed by atoms with Gasteiger partial charge in [0.25, 0.3) is 0 Å². The number of hydrogen-bond acceptors (Lipinski definition) is 3. The number of rotatable bonds is 1. The summed E-state index contributed by atoms with van der Waals surface area (Å²) in [5, 5.41) is 3.60. The number of hydrogen-bond donors (Lipinski definition) is 1. The molecule has 2 rings (SSSR count). The van der Waals surface area contributed by atoms with Gasteiger partial charge in [0.2, 0.25) is 0 Å². The Labute approximate surface area is 69.6 Å². The molecule has 0 aliphatic rings. The van der Waals surface area contributed by atoms with Crippen molar-refractivity contribution in [2.75, 3.05) is 5.73 Å². The van der Waals surface area contributed by atoms with Crippen molar-refractivity contribution in [3.8, 4) is 11.3 Å². The summed E-state index contributed by atoms with van der Waals surface area (Å²) in [4.78, 5) is 0. The highest BCUT2D eigenvalue weighted by Gasteiger charge is 2.04. The van der Waals surface area contributed by atoms with Crippen LogP contribution in [0.1, 0.15) is 0 Å². The number of aromatic nitrogens is 2. The van der Waals surface area contributed by atoms with Gasteiger partial charge in [-0.05, 0) is 6.07 Å². The average molecular weight is 163 g/mol. The molecule has 0 spiro atoms. The summed E-state index contributed by atoms with van der Waals surface area (Å²) >= 11 is 0. The van der Waals surface area contributed by atoms with E-state index in [1.54, 1.807) is 6.07 Å². The maximum atomic E-state index is 5.41. The Morgan fingerprint density at radius 2 is 2.42 bits per heavy atom. The number of nitrogen functional groups attached to an aromatic ring is 1. The molecule has 0 unspecified atom stereocenters. The van der Waals surface area contributed by atoms with Crippen molar-refractivity contribution in [2.24, 2.45) is 7.05 Å². The van der Waals surface area contributed by atoms with Crippen LogP contribution in [0.5, 0.6) is 0 Å². The van der Waals surface area contributed by atoms with Crippen molar-refractivity contribution in [3.63, 3.8) is 0 Å². The highest BCUT2D eigenvalue weighted by molar-refractivity contribution is 5.58. The molecule has 0 aliphatic carbocycles. The summed E-state index contributed by atoms with van der Waals surface area (Å²) in [7, 11) is 1.95. The number of nitrogens with zero attached hydrogens (tertiary/aromatic N) is 2. The van der Waals surface area contributed by atoms with Crippen LogP contribution >= 0.6 is 0 Å². The minimum absolute atomic E-state index is 0.411. The zero-order valence-electron chi connectivity index (χ0n) is 6.69. The summed E-state index contributed by atoms with van der Waals surface area (Å²) in [6.45, 7) is 0. The molecule has 62 valence electrons. The standard InChI is InChI=1S/C8H9N3O/c1-11-3-2-6(5-11)7-4-8(9)10-12-7/h2-5H,1H3,(H2,9,10). The van der Waals surface area contributed by atoms with Gasteiger partial charge in [0.15, 0.2) is 11.6 Å². The van der Waals surface area contributed by atoms with E-state index in [0.29, 0.717) is 11.6 Å². The molecule has 12 heavy (non-hydrogen) atoms. The van der Waals surface area contributed by atoms with Crippen molar-refractivity contribution < 1.29 is 4.52 Å². The fraction of sp³-hybridized carbons (Fsp3) is 0.125. The molecule has 0 fully saturated rings. The first-order valence-corrected chi connectivity index (χ1v) is 3.60. The molecule has 4 heteroatoms. The smallest absolute Gasteiger partial charge is 0.170 e. The van der Waals surface area contributed by atoms with E-state index in [9.17, 15) is 0 Å². The summed E-state index contributed by atoms with van der Waals surface area (Å²) in [5.41, 5.74) is 6.40. The van der Waals surface area contributed by atoms with Crippen molar-refractivity contribution in [1.29, 1.82) is 0 Å². The highest BCUT2D eigenvalue weighted by atomic mass is 16.5. The van der Waals surface area contributed by atoms with E-state index in [-0.39, 0.29) is 0 Å². The molecule has 2 aromatic heterocycles. The zero-order valence-corrected chi connectivity index (χ0v) is 6.69. The topological polar surface area (TPSA) is 57.0 Å². The molecular formula is C8H9N3O. The largest absolute Gasteiger partial charge is 0.381 e. The molecule has 0 atom stereocenters. The molecule has 0 aromatic carbocycles. The fourth-order valence-electron chi connectivity index (χ4n) is 1.07. The second-order valence-electron chi connectivity index (χ2n) is 2.68. The quantitative estimate of drug-likeness (QED) is 0.688. The summed E-state index contributed by atoms with van der Waals surface area (Å²) in [6, 6.07) is 3.65. The molecular weight excluding hydrogens is 154 g/mol. The summed E-state index contributed by atoms with van der Waals surface area (Å²) in [5.74, 6) is 1.11. The van der Waals surface area contributed by atoms with Gasteiger partial charge in [0, 0.05) is 31.1 Å². The molecule has 2 aromatic rings. The lowest BCUT2D eigenvalue weighted by molar-refractivity contribution is 0.436. The molecule has 0 radical (unpaired) electrons. The minimum atomic E-state index is 0.411. The Hall–Kier alpha value is -1.71. The SMILES string of the molecule is Cn1ccc(-c2cc(N)no2)c1. The van der Waals surface area contributed by atoms with Gasteiger partial charge in [-0.1, -0.05) is 5.16 Å². The van der Waals surface area contributed by atoms with Crippen molar-refractivity contribution in [2.45, 2.75) is 0 Å². The lowest BCUT2D eigenvalue weighted by atomic mass is 10.3. The predicted molar refractivity (Wildman–Crippen MR) is 45.3 cm³/mol. The molecule has 2 N–H and O–H groups in total. The van der Waals surface area contributed by atoms with Gasteiger partial charge in [0.1, 0.15) is 0 Å². The Morgan fingerprint density at radius 3 is 2.92 bits per heavy atom. The van der Waals surface area contributed by atoms with Crippen LogP contribution in [0.3, 0.4) is 0 Å².